The van der Waals surface area contributed by atoms with E-state index < -0.39 is 10.0 Å². The minimum Gasteiger partial charge on any atom is -0.497 e. The van der Waals surface area contributed by atoms with Crippen LogP contribution in [0.1, 0.15) is 12.0 Å². The second-order valence-corrected chi connectivity index (χ2v) is 7.14. The molecule has 1 aliphatic rings. The van der Waals surface area contributed by atoms with Crippen LogP contribution >= 0.6 is 0 Å². The van der Waals surface area contributed by atoms with Crippen LogP contribution in [0.15, 0.2) is 23.1 Å². The molecule has 0 aromatic heterocycles. The number of benzene rings is 1. The van der Waals surface area contributed by atoms with Gasteiger partial charge in [-0.15, -0.1) is 0 Å². The predicted octanol–water partition coefficient (Wildman–Crippen LogP) is 1.23. The average Bonchev–Trinajstić information content (AvgIpc) is 2.82. The normalized spacial score (nSPS) is 20.2. The van der Waals surface area contributed by atoms with Crippen molar-refractivity contribution in [2.24, 2.45) is 5.92 Å². The van der Waals surface area contributed by atoms with Gasteiger partial charge in [0.1, 0.15) is 5.75 Å². The van der Waals surface area contributed by atoms with E-state index in [-0.39, 0.29) is 0 Å². The molecule has 5 nitrogen and oxygen atoms in total. The van der Waals surface area contributed by atoms with Gasteiger partial charge in [0.2, 0.25) is 10.0 Å². The fourth-order valence-corrected chi connectivity index (χ4v) is 3.89. The molecule has 1 heterocycles. The lowest BCUT2D eigenvalue weighted by atomic mass is 10.1. The fraction of sp³-hybridized carbons (Fsp3) is 0.571. The molecule has 0 amide bonds. The van der Waals surface area contributed by atoms with Gasteiger partial charge in [0.05, 0.1) is 12.0 Å². The molecule has 0 aliphatic carbocycles. The smallest absolute Gasteiger partial charge is 0.240 e. The van der Waals surface area contributed by atoms with Gasteiger partial charge in [-0.25, -0.2) is 13.1 Å². The molecule has 1 aliphatic heterocycles. The highest BCUT2D eigenvalue weighted by Crippen LogP contribution is 2.21. The molecule has 6 heteroatoms. The Morgan fingerprint density at radius 3 is 2.75 bits per heavy atom. The summed E-state index contributed by atoms with van der Waals surface area (Å²) in [5, 5.41) is 0. The van der Waals surface area contributed by atoms with E-state index in [1.807, 2.05) is 0 Å². The number of hydrogen-bond donors (Lipinski definition) is 1. The van der Waals surface area contributed by atoms with Crippen molar-refractivity contribution in [2.75, 3.05) is 33.8 Å². The minimum absolute atomic E-state index is 0.324. The Labute approximate surface area is 121 Å². The quantitative estimate of drug-likeness (QED) is 0.888. The molecule has 20 heavy (non-hydrogen) atoms. The molecule has 1 N–H and O–H groups in total. The van der Waals surface area contributed by atoms with E-state index in [2.05, 4.69) is 16.7 Å². The van der Waals surface area contributed by atoms with Gasteiger partial charge in [0.25, 0.3) is 0 Å². The maximum Gasteiger partial charge on any atom is 0.240 e. The molecular formula is C14H22N2O3S. The van der Waals surface area contributed by atoms with Crippen molar-refractivity contribution in [3.05, 3.63) is 23.8 Å². The van der Waals surface area contributed by atoms with Crippen LogP contribution in [0.25, 0.3) is 0 Å². The zero-order valence-electron chi connectivity index (χ0n) is 12.2. The highest BCUT2D eigenvalue weighted by atomic mass is 32.2. The molecular weight excluding hydrogens is 276 g/mol. The molecule has 1 unspecified atom stereocenters. The number of aryl methyl sites for hydroxylation is 1. The summed E-state index contributed by atoms with van der Waals surface area (Å²) >= 11 is 0. The number of nitrogens with one attached hydrogen (secondary N) is 1. The molecule has 0 spiro atoms. The third-order valence-electron chi connectivity index (χ3n) is 3.72. The summed E-state index contributed by atoms with van der Waals surface area (Å²) in [5.41, 5.74) is 0.695. The topological polar surface area (TPSA) is 58.6 Å². The second-order valence-electron chi connectivity index (χ2n) is 5.40. The van der Waals surface area contributed by atoms with E-state index in [9.17, 15) is 8.42 Å². The summed E-state index contributed by atoms with van der Waals surface area (Å²) in [6.45, 7) is 4.26. The van der Waals surface area contributed by atoms with Crippen LogP contribution in [0.4, 0.5) is 0 Å². The van der Waals surface area contributed by atoms with Gasteiger partial charge in [-0.05, 0) is 56.6 Å². The van der Waals surface area contributed by atoms with E-state index in [1.54, 1.807) is 32.2 Å². The van der Waals surface area contributed by atoms with Crippen LogP contribution in [0.3, 0.4) is 0 Å². The first-order chi connectivity index (χ1) is 9.42. The number of nitrogens with zero attached hydrogens (tertiary/aromatic N) is 1. The lowest BCUT2D eigenvalue weighted by Gasteiger charge is -2.14. The highest BCUT2D eigenvalue weighted by Gasteiger charge is 2.23. The molecule has 0 bridgehead atoms. The van der Waals surface area contributed by atoms with Gasteiger partial charge >= 0.3 is 0 Å². The van der Waals surface area contributed by atoms with E-state index in [4.69, 9.17) is 4.74 Å². The first-order valence-electron chi connectivity index (χ1n) is 6.75. The summed E-state index contributed by atoms with van der Waals surface area (Å²) in [6, 6.07) is 5.00. The van der Waals surface area contributed by atoms with Crippen LogP contribution in [0, 0.1) is 12.8 Å². The van der Waals surface area contributed by atoms with Crippen LogP contribution in [0.5, 0.6) is 5.75 Å². The molecule has 1 fully saturated rings. The van der Waals surface area contributed by atoms with Crippen LogP contribution in [-0.2, 0) is 10.0 Å². The summed E-state index contributed by atoms with van der Waals surface area (Å²) in [6.07, 6.45) is 1.04. The van der Waals surface area contributed by atoms with E-state index >= 15 is 0 Å². The van der Waals surface area contributed by atoms with Crippen LogP contribution in [-0.4, -0.2) is 47.1 Å². The van der Waals surface area contributed by atoms with E-state index in [0.717, 1.165) is 19.5 Å². The number of rotatable bonds is 5. The molecule has 0 saturated carbocycles. The van der Waals surface area contributed by atoms with Crippen molar-refractivity contribution in [1.82, 2.24) is 9.62 Å². The third kappa shape index (κ3) is 3.50. The van der Waals surface area contributed by atoms with Crippen molar-refractivity contribution in [3.8, 4) is 5.75 Å². The Bertz CT molecular complexity index is 572. The Morgan fingerprint density at radius 2 is 2.20 bits per heavy atom. The number of methoxy groups -OCH3 is 1. The van der Waals surface area contributed by atoms with Gasteiger partial charge in [-0.3, -0.25) is 0 Å². The standard InChI is InChI=1S/C14H22N2O3S/c1-11-8-13(19-3)4-5-14(11)20(17,18)15-9-12-6-7-16(2)10-12/h4-5,8,12,15H,6-7,9-10H2,1-3H3. The molecule has 112 valence electrons. The second kappa shape index (κ2) is 6.11. The third-order valence-corrected chi connectivity index (χ3v) is 5.31. The van der Waals surface area contributed by atoms with Gasteiger partial charge < -0.3 is 9.64 Å². The summed E-state index contributed by atoms with van der Waals surface area (Å²) in [7, 11) is 0.180. The van der Waals surface area contributed by atoms with Gasteiger partial charge in [-0.2, -0.15) is 0 Å². The number of sulfonamides is 1. The first kappa shape index (κ1) is 15.3. The molecule has 1 saturated heterocycles. The Balaban J connectivity index is 2.06. The number of ether oxygens (including phenoxy) is 1. The maximum absolute atomic E-state index is 12.3. The maximum atomic E-state index is 12.3. The van der Waals surface area contributed by atoms with Crippen molar-refractivity contribution in [3.63, 3.8) is 0 Å². The van der Waals surface area contributed by atoms with Crippen molar-refractivity contribution < 1.29 is 13.2 Å². The minimum atomic E-state index is -3.44. The fourth-order valence-electron chi connectivity index (χ4n) is 2.55. The Hall–Kier alpha value is -1.11. The summed E-state index contributed by atoms with van der Waals surface area (Å²) in [5.74, 6) is 1.06. The molecule has 0 radical (unpaired) electrons. The van der Waals surface area contributed by atoms with Crippen molar-refractivity contribution >= 4 is 10.0 Å². The summed E-state index contributed by atoms with van der Waals surface area (Å²) in [4.78, 5) is 2.54. The SMILES string of the molecule is COc1ccc(S(=O)(=O)NCC2CCN(C)C2)c(C)c1. The molecule has 2 rings (SSSR count). The predicted molar refractivity (Wildman–Crippen MR) is 78.5 cm³/mol. The van der Waals surface area contributed by atoms with Crippen molar-refractivity contribution in [2.45, 2.75) is 18.2 Å². The van der Waals surface area contributed by atoms with Gasteiger partial charge in [-0.1, -0.05) is 0 Å². The highest BCUT2D eigenvalue weighted by molar-refractivity contribution is 7.89. The lowest BCUT2D eigenvalue weighted by Crippen LogP contribution is -2.31. The Morgan fingerprint density at radius 1 is 1.45 bits per heavy atom. The van der Waals surface area contributed by atoms with Gasteiger partial charge in [0.15, 0.2) is 0 Å². The van der Waals surface area contributed by atoms with E-state index in [0.29, 0.717) is 28.7 Å². The zero-order chi connectivity index (χ0) is 14.8. The monoisotopic (exact) mass is 298 g/mol. The average molecular weight is 298 g/mol. The van der Waals surface area contributed by atoms with Crippen LogP contribution < -0.4 is 9.46 Å². The number of hydrogen-bond acceptors (Lipinski definition) is 4. The van der Waals surface area contributed by atoms with Crippen LogP contribution in [0.2, 0.25) is 0 Å². The molecule has 1 aromatic carbocycles. The number of likely N-dealkylation sites (tertiary alicyclic amines) is 1. The van der Waals surface area contributed by atoms with E-state index in [1.165, 1.54) is 0 Å². The molecule has 1 aromatic rings. The lowest BCUT2D eigenvalue weighted by molar-refractivity contribution is 0.394. The van der Waals surface area contributed by atoms with Crippen molar-refractivity contribution in [1.29, 1.82) is 0 Å². The zero-order valence-corrected chi connectivity index (χ0v) is 13.0. The Kier molecular flexibility index (Phi) is 4.67. The van der Waals surface area contributed by atoms with Gasteiger partial charge in [0, 0.05) is 13.1 Å². The summed E-state index contributed by atoms with van der Waals surface area (Å²) < 4.78 is 32.5. The first-order valence-corrected chi connectivity index (χ1v) is 8.23. The molecule has 1 atom stereocenters. The largest absolute Gasteiger partial charge is 0.497 e.